The van der Waals surface area contributed by atoms with E-state index in [9.17, 15) is 0 Å². The van der Waals surface area contributed by atoms with Gasteiger partial charge >= 0.3 is 0 Å². The van der Waals surface area contributed by atoms with E-state index in [1.54, 1.807) is 6.20 Å². The fourth-order valence-corrected chi connectivity index (χ4v) is 9.17. The molecule has 10 heteroatoms. The summed E-state index contributed by atoms with van der Waals surface area (Å²) in [6.45, 7) is 6.83. The number of hydrogen-bond acceptors (Lipinski definition) is 7. The summed E-state index contributed by atoms with van der Waals surface area (Å²) in [7, 11) is 4.29. The fourth-order valence-electron chi connectivity index (χ4n) is 9.17. The minimum absolute atomic E-state index is 0.116. The first-order valence-electron chi connectivity index (χ1n) is 25.7. The molecule has 71 heavy (non-hydrogen) atoms. The lowest BCUT2D eigenvalue weighted by Gasteiger charge is -2.28. The molecule has 8 nitrogen and oxygen atoms in total. The van der Waals surface area contributed by atoms with Crippen LogP contribution in [0, 0.1) is 0 Å². The summed E-state index contributed by atoms with van der Waals surface area (Å²) < 4.78 is 44.3. The van der Waals surface area contributed by atoms with Gasteiger partial charge in [-0.3, -0.25) is 4.57 Å². The second-order valence-electron chi connectivity index (χ2n) is 18.2. The van der Waals surface area contributed by atoms with Crippen LogP contribution in [-0.4, -0.2) is 35.8 Å². The molecule has 5 aromatic carbocycles. The number of fused-ring (bicyclic) bond motifs is 4. The highest BCUT2D eigenvalue weighted by Gasteiger charge is 2.32. The van der Waals surface area contributed by atoms with E-state index in [0.717, 1.165) is 55.9 Å². The van der Waals surface area contributed by atoms with Crippen LogP contribution in [0.3, 0.4) is 0 Å². The summed E-state index contributed by atoms with van der Waals surface area (Å²) in [4.78, 5) is 14.6. The Balaban J connectivity index is 1.06. The number of allylic oxidation sites excluding steroid dienone is 8. The molecule has 0 aliphatic carbocycles. The first-order valence-corrected chi connectivity index (χ1v) is 23.7. The highest BCUT2D eigenvalue weighted by atomic mass is 16.5. The minimum Gasteiger partial charge on any atom is -0.439 e. The Morgan fingerprint density at radius 1 is 0.634 bits per heavy atom. The minimum atomic E-state index is -0.313. The normalized spacial score (nSPS) is 19.5. The molecule has 3 aliphatic heterocycles. The molecule has 3 aromatic heterocycles. The monoisotopic (exact) mass is 923 g/mol. The molecule has 0 saturated carbocycles. The maximum absolute atomic E-state index is 9.16. The van der Waals surface area contributed by atoms with Gasteiger partial charge in [-0.05, 0) is 94.9 Å². The van der Waals surface area contributed by atoms with E-state index < -0.39 is 0 Å². The smallest absolute Gasteiger partial charge is 0.221 e. The molecule has 3 aliphatic rings. The molecule has 342 valence electrons. The van der Waals surface area contributed by atoms with Crippen LogP contribution in [0.15, 0.2) is 231 Å². The predicted molar refractivity (Wildman–Crippen MR) is 298 cm³/mol. The zero-order valence-electron chi connectivity index (χ0n) is 43.6. The van der Waals surface area contributed by atoms with Crippen LogP contribution in [0.25, 0.3) is 49.8 Å². The van der Waals surface area contributed by atoms with E-state index in [-0.39, 0.29) is 29.6 Å². The number of pyridine rings is 2. The third-order valence-electron chi connectivity index (χ3n) is 12.6. The Labute approximate surface area is 422 Å². The summed E-state index contributed by atoms with van der Waals surface area (Å²) in [5, 5.41) is 7.49. The zero-order valence-corrected chi connectivity index (χ0v) is 39.6. The summed E-state index contributed by atoms with van der Waals surface area (Å²) in [6, 6.07) is 37.8. The summed E-state index contributed by atoms with van der Waals surface area (Å²) in [5.74, 6) is 5.47. The third-order valence-corrected chi connectivity index (χ3v) is 12.6. The van der Waals surface area contributed by atoms with Gasteiger partial charge in [-0.15, -0.1) is 12.0 Å². The number of rotatable bonds is 8. The molecule has 2 radical (unpaired) electrons. The standard InChI is InChI=1S/C61H51B2N7O/c1-61(2,3)44-30-37-66-58(38-44)70-54-25-8-7-20-47(54)48-29-28-46(41-57(48)70)71-59-40-45(39-53(67-59)43-18-5-4-6-19-43)68-42-69(56-27-10-9-26-55(56)68)60-49(51-23-16-35-64-33-13-11-31-62-51)21-15-22-50(60)52-24-17-36-65-34-14-12-32-63-52/h4-41,64-65H,42H2,1-3H3/b31-11-,32-12-,33-13-,34-14-,35-16-,36-17-,51-23-,52-24-/i7D,8D,20D,25D. The van der Waals surface area contributed by atoms with E-state index >= 15 is 0 Å². The van der Waals surface area contributed by atoms with E-state index in [1.165, 1.54) is 0 Å². The van der Waals surface area contributed by atoms with Crippen molar-refractivity contribution in [2.75, 3.05) is 16.5 Å². The molecular formula is C61H51B2N7O. The highest BCUT2D eigenvalue weighted by Crippen LogP contribution is 2.49. The van der Waals surface area contributed by atoms with Gasteiger partial charge in [-0.25, -0.2) is 9.97 Å². The van der Waals surface area contributed by atoms with Crippen LogP contribution in [-0.2, 0) is 5.41 Å². The van der Waals surface area contributed by atoms with Gasteiger partial charge in [-0.1, -0.05) is 135 Å². The summed E-state index contributed by atoms with van der Waals surface area (Å²) >= 11 is 0. The van der Waals surface area contributed by atoms with Crippen LogP contribution in [0.2, 0.25) is 0 Å². The average Bonchev–Trinajstić information content (AvgIpc) is 3.99. The average molecular weight is 924 g/mol. The zero-order chi connectivity index (χ0) is 51.6. The van der Waals surface area contributed by atoms with Gasteiger partial charge in [0.1, 0.15) is 18.2 Å². The van der Waals surface area contributed by atoms with E-state index in [2.05, 4.69) is 128 Å². The van der Waals surface area contributed by atoms with E-state index in [1.807, 2.05) is 133 Å². The van der Waals surface area contributed by atoms with Gasteiger partial charge in [0.05, 0.1) is 45.0 Å². The SMILES string of the molecule is [2H]c1c([2H])c([2H])c2c(c1[2H])c1ccc(Oc3cc(N4CN(c5c(/C6=C/C=C\N/C=C\C=C/[B]6)cccc5/C5=C/C=C\N/C=C\C=C/[B]5)c5ccccc54)cc(-c4ccccc4)n3)cc1n2-c1cc(C(C)(C)C)ccn1. The number of benzene rings is 5. The first-order chi connectivity index (χ1) is 36.5. The highest BCUT2D eigenvalue weighted by molar-refractivity contribution is 6.67. The molecule has 8 aromatic rings. The summed E-state index contributed by atoms with van der Waals surface area (Å²) in [5.41, 5.74) is 11.5. The van der Waals surface area contributed by atoms with Crippen LogP contribution in [0.4, 0.5) is 22.7 Å². The number of nitrogens with zero attached hydrogens (tertiary/aromatic N) is 5. The van der Waals surface area contributed by atoms with Gasteiger partial charge in [0, 0.05) is 59.5 Å². The maximum Gasteiger partial charge on any atom is 0.221 e. The Hall–Kier alpha value is -8.75. The van der Waals surface area contributed by atoms with Crippen molar-refractivity contribution in [2.45, 2.75) is 26.2 Å². The number of para-hydroxylation sites is 4. The Morgan fingerprint density at radius 3 is 2.03 bits per heavy atom. The Morgan fingerprint density at radius 2 is 1.31 bits per heavy atom. The van der Waals surface area contributed by atoms with Gasteiger partial charge < -0.3 is 25.2 Å². The molecule has 0 atom stereocenters. The molecule has 0 fully saturated rings. The number of ether oxygens (including phenoxy) is 1. The predicted octanol–water partition coefficient (Wildman–Crippen LogP) is 14.0. The quantitative estimate of drug-likeness (QED) is 0.147. The van der Waals surface area contributed by atoms with Crippen LogP contribution in [0.1, 0.15) is 42.9 Å². The largest absolute Gasteiger partial charge is 0.439 e. The third kappa shape index (κ3) is 9.28. The first kappa shape index (κ1) is 40.2. The fraction of sp³-hybridized carbons (Fsp3) is 0.0820. The number of nitrogens with one attached hydrogen (secondary N) is 2. The van der Waals surface area contributed by atoms with Crippen LogP contribution in [0.5, 0.6) is 11.6 Å². The molecule has 2 N–H and O–H groups in total. The van der Waals surface area contributed by atoms with E-state index in [4.69, 9.17) is 20.2 Å². The second-order valence-corrected chi connectivity index (χ2v) is 18.2. The van der Waals surface area contributed by atoms with Gasteiger partial charge in [0.15, 0.2) is 14.6 Å². The molecule has 0 saturated heterocycles. The lowest BCUT2D eigenvalue weighted by atomic mass is 9.63. The Bertz CT molecular complexity index is 3720. The van der Waals surface area contributed by atoms with Crippen molar-refractivity contribution in [3.05, 3.63) is 248 Å². The Kier molecular flexibility index (Phi) is 11.1. The lowest BCUT2D eigenvalue weighted by Crippen LogP contribution is -2.26. The lowest BCUT2D eigenvalue weighted by molar-refractivity contribution is 0.464. The molecule has 0 amide bonds. The number of hydrogen-bond donors (Lipinski definition) is 2. The van der Waals surface area contributed by atoms with Crippen molar-refractivity contribution in [1.29, 1.82) is 0 Å². The molecule has 0 spiro atoms. The molecule has 6 heterocycles. The van der Waals surface area contributed by atoms with Crippen molar-refractivity contribution in [3.8, 4) is 28.7 Å². The molecule has 0 bridgehead atoms. The van der Waals surface area contributed by atoms with Crippen molar-refractivity contribution in [2.24, 2.45) is 0 Å². The van der Waals surface area contributed by atoms with Crippen molar-refractivity contribution in [3.63, 3.8) is 0 Å². The second kappa shape index (κ2) is 19.7. The number of anilines is 4. The van der Waals surface area contributed by atoms with Crippen LogP contribution < -0.4 is 25.2 Å². The summed E-state index contributed by atoms with van der Waals surface area (Å²) in [6.07, 6.45) is 25.7. The van der Waals surface area contributed by atoms with Gasteiger partial charge in [0.2, 0.25) is 5.88 Å². The topological polar surface area (TPSA) is 70.5 Å². The van der Waals surface area contributed by atoms with Crippen molar-refractivity contribution in [1.82, 2.24) is 25.2 Å². The van der Waals surface area contributed by atoms with Crippen molar-refractivity contribution >= 4 is 70.1 Å². The maximum atomic E-state index is 9.16. The molecular weight excluding hydrogens is 868 g/mol. The van der Waals surface area contributed by atoms with Gasteiger partial charge in [0.25, 0.3) is 0 Å². The number of aromatic nitrogens is 3. The van der Waals surface area contributed by atoms with Crippen molar-refractivity contribution < 1.29 is 10.2 Å². The molecule has 11 rings (SSSR count). The van der Waals surface area contributed by atoms with Gasteiger partial charge in [-0.2, -0.15) is 0 Å². The molecule has 0 unspecified atom stereocenters. The van der Waals surface area contributed by atoms with E-state index in [0.29, 0.717) is 51.6 Å². The van der Waals surface area contributed by atoms with Crippen LogP contribution >= 0.6 is 0 Å².